The topological polar surface area (TPSA) is 22.0 Å². The van der Waals surface area contributed by atoms with Crippen LogP contribution in [-0.4, -0.2) is 9.90 Å². The zero-order valence-electron chi connectivity index (χ0n) is 16.3. The van der Waals surface area contributed by atoms with Gasteiger partial charge in [0, 0.05) is 17.1 Å². The van der Waals surface area contributed by atoms with Crippen molar-refractivity contribution in [2.75, 3.05) is 5.33 Å². The molecule has 0 atom stereocenters. The van der Waals surface area contributed by atoms with E-state index >= 15 is 0 Å². The molecule has 0 unspecified atom stereocenters. The van der Waals surface area contributed by atoms with E-state index in [0.29, 0.717) is 6.54 Å². The monoisotopic (exact) mass is 435 g/mol. The first-order valence-corrected chi connectivity index (χ1v) is 10.9. The molecule has 1 heterocycles. The maximum absolute atomic E-state index is 13.3. The summed E-state index contributed by atoms with van der Waals surface area (Å²) in [6.45, 7) is 2.70. The third kappa shape index (κ3) is 5.32. The summed E-state index contributed by atoms with van der Waals surface area (Å²) in [4.78, 5) is 13.3. The van der Waals surface area contributed by atoms with E-state index in [1.165, 1.54) is 0 Å². The zero-order chi connectivity index (χ0) is 19.8. The van der Waals surface area contributed by atoms with Gasteiger partial charge >= 0.3 is 0 Å². The Morgan fingerprint density at radius 3 is 2.29 bits per heavy atom. The molecule has 0 aliphatic rings. The first-order chi connectivity index (χ1) is 13.7. The van der Waals surface area contributed by atoms with Gasteiger partial charge in [-0.3, -0.25) is 4.79 Å². The number of aryl methyl sites for hydroxylation is 1. The standard InChI is InChI=1S/C25H26BrNO/c1-20-18-27(19-22-12-6-3-7-13-22)25(28)24(14-8-9-17-26)23(20)16-15-21-10-4-2-5-11-21/h2-7,10-13,15-16,18H,8-9,14,17,19H2,1H3/b16-15+. The van der Waals surface area contributed by atoms with E-state index in [1.807, 2.05) is 47.2 Å². The summed E-state index contributed by atoms with van der Waals surface area (Å²) in [5, 5.41) is 0.964. The molecule has 0 saturated heterocycles. The predicted molar refractivity (Wildman–Crippen MR) is 123 cm³/mol. The quantitative estimate of drug-likeness (QED) is 0.309. The number of halogens is 1. The van der Waals surface area contributed by atoms with Crippen LogP contribution in [0.15, 0.2) is 71.7 Å². The van der Waals surface area contributed by atoms with Crippen LogP contribution in [0.3, 0.4) is 0 Å². The molecule has 3 rings (SSSR count). The van der Waals surface area contributed by atoms with Crippen LogP contribution in [0.25, 0.3) is 12.2 Å². The molecule has 3 aromatic rings. The van der Waals surface area contributed by atoms with Crippen molar-refractivity contribution in [3.63, 3.8) is 0 Å². The molecule has 0 bridgehead atoms. The molecule has 0 fully saturated rings. The zero-order valence-corrected chi connectivity index (χ0v) is 17.9. The number of hydrogen-bond donors (Lipinski definition) is 0. The highest BCUT2D eigenvalue weighted by molar-refractivity contribution is 9.09. The van der Waals surface area contributed by atoms with E-state index in [9.17, 15) is 4.79 Å². The highest BCUT2D eigenvalue weighted by Gasteiger charge is 2.12. The number of alkyl halides is 1. The van der Waals surface area contributed by atoms with Crippen LogP contribution in [0.5, 0.6) is 0 Å². The molecule has 0 aliphatic heterocycles. The Bertz CT molecular complexity index is 975. The Hall–Kier alpha value is -2.39. The van der Waals surface area contributed by atoms with Crippen LogP contribution < -0.4 is 5.56 Å². The number of nitrogens with zero attached hydrogens (tertiary/aromatic N) is 1. The molecule has 3 heteroatoms. The van der Waals surface area contributed by atoms with Crippen LogP contribution in [0, 0.1) is 6.92 Å². The van der Waals surface area contributed by atoms with Gasteiger partial charge in [0.1, 0.15) is 0 Å². The highest BCUT2D eigenvalue weighted by atomic mass is 79.9. The van der Waals surface area contributed by atoms with Crippen LogP contribution >= 0.6 is 15.9 Å². The van der Waals surface area contributed by atoms with E-state index in [2.05, 4.69) is 59.3 Å². The van der Waals surface area contributed by atoms with Crippen LogP contribution in [0.4, 0.5) is 0 Å². The summed E-state index contributed by atoms with van der Waals surface area (Å²) in [5.74, 6) is 0. The maximum Gasteiger partial charge on any atom is 0.254 e. The van der Waals surface area contributed by atoms with Gasteiger partial charge in [-0.1, -0.05) is 88.7 Å². The number of pyridine rings is 1. The van der Waals surface area contributed by atoms with Crippen molar-refractivity contribution in [2.24, 2.45) is 0 Å². The Morgan fingerprint density at radius 1 is 0.929 bits per heavy atom. The fraction of sp³-hybridized carbons (Fsp3) is 0.240. The molecule has 28 heavy (non-hydrogen) atoms. The lowest BCUT2D eigenvalue weighted by Gasteiger charge is -2.14. The highest BCUT2D eigenvalue weighted by Crippen LogP contribution is 2.18. The molecular weight excluding hydrogens is 410 g/mol. The maximum atomic E-state index is 13.3. The van der Waals surface area contributed by atoms with Crippen molar-refractivity contribution in [1.29, 1.82) is 0 Å². The third-order valence-corrected chi connectivity index (χ3v) is 5.43. The normalized spacial score (nSPS) is 11.2. The second-order valence-electron chi connectivity index (χ2n) is 7.01. The molecule has 0 aliphatic carbocycles. The van der Waals surface area contributed by atoms with Gasteiger partial charge in [0.15, 0.2) is 0 Å². The molecule has 144 valence electrons. The smallest absolute Gasteiger partial charge is 0.254 e. The molecule has 0 N–H and O–H groups in total. The van der Waals surface area contributed by atoms with Crippen LogP contribution in [-0.2, 0) is 13.0 Å². The minimum absolute atomic E-state index is 0.122. The first kappa shape index (κ1) is 20.3. The van der Waals surface area contributed by atoms with Crippen molar-refractivity contribution in [2.45, 2.75) is 32.7 Å². The molecule has 1 aromatic heterocycles. The van der Waals surface area contributed by atoms with Gasteiger partial charge in [0.25, 0.3) is 5.56 Å². The van der Waals surface area contributed by atoms with Crippen molar-refractivity contribution < 1.29 is 0 Å². The van der Waals surface area contributed by atoms with Gasteiger partial charge in [0.05, 0.1) is 6.54 Å². The summed E-state index contributed by atoms with van der Waals surface area (Å²) in [6.07, 6.45) is 9.05. The minimum atomic E-state index is 0.122. The van der Waals surface area contributed by atoms with Crippen LogP contribution in [0.1, 0.15) is 40.7 Å². The van der Waals surface area contributed by atoms with Gasteiger partial charge in [-0.05, 0) is 48.4 Å². The van der Waals surface area contributed by atoms with E-state index in [1.54, 1.807) is 0 Å². The molecule has 2 nitrogen and oxygen atoms in total. The van der Waals surface area contributed by atoms with Gasteiger partial charge in [-0.15, -0.1) is 0 Å². The second kappa shape index (κ2) is 10.2. The number of aromatic nitrogens is 1. The SMILES string of the molecule is Cc1cn(Cc2ccccc2)c(=O)c(CCCCBr)c1/C=C/c1ccccc1. The largest absolute Gasteiger partial charge is 0.311 e. The third-order valence-electron chi connectivity index (χ3n) is 4.87. The second-order valence-corrected chi connectivity index (χ2v) is 7.81. The van der Waals surface area contributed by atoms with Crippen molar-refractivity contribution in [1.82, 2.24) is 4.57 Å². The minimum Gasteiger partial charge on any atom is -0.311 e. The fourth-order valence-electron chi connectivity index (χ4n) is 3.40. The lowest BCUT2D eigenvalue weighted by atomic mass is 9.98. The van der Waals surface area contributed by atoms with Crippen molar-refractivity contribution >= 4 is 28.1 Å². The van der Waals surface area contributed by atoms with E-state index < -0.39 is 0 Å². The van der Waals surface area contributed by atoms with Crippen molar-refractivity contribution in [3.05, 3.63) is 105 Å². The molecule has 0 amide bonds. The van der Waals surface area contributed by atoms with E-state index in [-0.39, 0.29) is 5.56 Å². The van der Waals surface area contributed by atoms with Crippen LogP contribution in [0.2, 0.25) is 0 Å². The average molecular weight is 436 g/mol. The summed E-state index contributed by atoms with van der Waals surface area (Å²) < 4.78 is 1.86. The van der Waals surface area contributed by atoms with Gasteiger partial charge in [0.2, 0.25) is 0 Å². The summed E-state index contributed by atoms with van der Waals surface area (Å²) >= 11 is 3.50. The van der Waals surface area contributed by atoms with E-state index in [0.717, 1.165) is 52.4 Å². The fourth-order valence-corrected chi connectivity index (χ4v) is 3.80. The molecule has 0 spiro atoms. The Kier molecular flexibility index (Phi) is 7.44. The lowest BCUT2D eigenvalue weighted by molar-refractivity contribution is 0.719. The first-order valence-electron chi connectivity index (χ1n) is 9.75. The average Bonchev–Trinajstić information content (AvgIpc) is 2.72. The number of rotatable bonds is 8. The summed E-state index contributed by atoms with van der Waals surface area (Å²) in [6, 6.07) is 20.4. The molecular formula is C25H26BrNO. The number of hydrogen-bond acceptors (Lipinski definition) is 1. The van der Waals surface area contributed by atoms with Crippen molar-refractivity contribution in [3.8, 4) is 0 Å². The predicted octanol–water partition coefficient (Wildman–Crippen LogP) is 6.09. The Labute approximate surface area is 175 Å². The molecule has 0 saturated carbocycles. The number of unbranched alkanes of at least 4 members (excludes halogenated alkanes) is 1. The molecule has 0 radical (unpaired) electrons. The number of benzene rings is 2. The van der Waals surface area contributed by atoms with Gasteiger partial charge in [-0.25, -0.2) is 0 Å². The summed E-state index contributed by atoms with van der Waals surface area (Å²) in [7, 11) is 0. The lowest BCUT2D eigenvalue weighted by Crippen LogP contribution is -2.26. The van der Waals surface area contributed by atoms with Gasteiger partial charge in [-0.2, -0.15) is 0 Å². The summed E-state index contributed by atoms with van der Waals surface area (Å²) in [5.41, 5.74) is 5.52. The Balaban J connectivity index is 1.99. The van der Waals surface area contributed by atoms with E-state index in [4.69, 9.17) is 0 Å². The van der Waals surface area contributed by atoms with Gasteiger partial charge < -0.3 is 4.57 Å². The Morgan fingerprint density at radius 2 is 1.61 bits per heavy atom. The molecule has 2 aromatic carbocycles.